The van der Waals surface area contributed by atoms with Crippen LogP contribution >= 0.6 is 0 Å². The van der Waals surface area contributed by atoms with Gasteiger partial charge in [0.2, 0.25) is 0 Å². The van der Waals surface area contributed by atoms with Gasteiger partial charge in [-0.05, 0) is 40.6 Å². The third-order valence-corrected chi connectivity index (χ3v) is 4.91. The molecule has 8 heteroatoms. The molecule has 2 N–H and O–H groups in total. The van der Waals surface area contributed by atoms with Crippen LogP contribution in [0, 0.1) is 10.1 Å². The van der Waals surface area contributed by atoms with E-state index in [-0.39, 0.29) is 29.4 Å². The molecule has 0 radical (unpaired) electrons. The Morgan fingerprint density at radius 2 is 1.70 bits per heavy atom. The van der Waals surface area contributed by atoms with Crippen molar-refractivity contribution >= 4 is 28.6 Å². The van der Waals surface area contributed by atoms with Crippen molar-refractivity contribution in [1.82, 2.24) is 5.43 Å². The highest BCUT2D eigenvalue weighted by molar-refractivity contribution is 6.01. The van der Waals surface area contributed by atoms with Crippen molar-refractivity contribution in [2.45, 2.75) is 6.61 Å². The molecular weight excluding hydrogens is 422 g/mol. The Morgan fingerprint density at radius 3 is 2.42 bits per heavy atom. The van der Waals surface area contributed by atoms with E-state index in [0.717, 1.165) is 16.3 Å². The highest BCUT2D eigenvalue weighted by Crippen LogP contribution is 2.28. The molecule has 0 aliphatic heterocycles. The molecule has 4 rings (SSSR count). The summed E-state index contributed by atoms with van der Waals surface area (Å²) in [6, 6.07) is 24.1. The van der Waals surface area contributed by atoms with Crippen LogP contribution in [0.3, 0.4) is 0 Å². The predicted octanol–water partition coefficient (Wildman–Crippen LogP) is 4.80. The van der Waals surface area contributed by atoms with E-state index in [2.05, 4.69) is 10.5 Å². The molecule has 0 atom stereocenters. The topological polar surface area (TPSA) is 114 Å². The average molecular weight is 441 g/mol. The molecule has 0 fully saturated rings. The molecule has 0 bridgehead atoms. The van der Waals surface area contributed by atoms with Crippen molar-refractivity contribution < 1.29 is 19.6 Å². The van der Waals surface area contributed by atoms with Crippen molar-refractivity contribution in [3.8, 4) is 11.5 Å². The Bertz CT molecular complexity index is 1350. The van der Waals surface area contributed by atoms with E-state index >= 15 is 0 Å². The molecule has 1 amide bonds. The Kier molecular flexibility index (Phi) is 6.26. The number of phenols is 1. The number of nitro groups is 1. The van der Waals surface area contributed by atoms with Crippen LogP contribution in [0.4, 0.5) is 5.69 Å². The molecule has 33 heavy (non-hydrogen) atoms. The number of ether oxygens (including phenoxy) is 1. The highest BCUT2D eigenvalue weighted by atomic mass is 16.6. The first-order valence-corrected chi connectivity index (χ1v) is 10.0. The first kappa shape index (κ1) is 21.5. The summed E-state index contributed by atoms with van der Waals surface area (Å²) in [6.07, 6.45) is 1.28. The third-order valence-electron chi connectivity index (χ3n) is 4.91. The molecular formula is C25H19N3O5. The monoisotopic (exact) mass is 441 g/mol. The van der Waals surface area contributed by atoms with Crippen LogP contribution in [0.1, 0.15) is 21.5 Å². The summed E-state index contributed by atoms with van der Waals surface area (Å²) in [7, 11) is 0. The van der Waals surface area contributed by atoms with Gasteiger partial charge in [-0.2, -0.15) is 5.10 Å². The van der Waals surface area contributed by atoms with Gasteiger partial charge in [-0.1, -0.05) is 54.6 Å². The second-order valence-corrected chi connectivity index (χ2v) is 7.17. The molecule has 0 saturated carbocycles. The maximum atomic E-state index is 12.4. The average Bonchev–Trinajstić information content (AvgIpc) is 2.83. The number of amides is 1. The van der Waals surface area contributed by atoms with Gasteiger partial charge in [-0.25, -0.2) is 5.43 Å². The molecule has 0 aliphatic carbocycles. The zero-order valence-electron chi connectivity index (χ0n) is 17.3. The number of fused-ring (bicyclic) bond motifs is 1. The maximum Gasteiger partial charge on any atom is 0.311 e. The van der Waals surface area contributed by atoms with Crippen molar-refractivity contribution in [2.75, 3.05) is 0 Å². The van der Waals surface area contributed by atoms with Gasteiger partial charge >= 0.3 is 5.69 Å². The van der Waals surface area contributed by atoms with Crippen LogP contribution in [0.2, 0.25) is 0 Å². The molecule has 0 heterocycles. The van der Waals surface area contributed by atoms with Crippen molar-refractivity contribution in [3.63, 3.8) is 0 Å². The maximum absolute atomic E-state index is 12.4. The van der Waals surface area contributed by atoms with Crippen LogP contribution in [-0.4, -0.2) is 22.2 Å². The van der Waals surface area contributed by atoms with E-state index in [1.165, 1.54) is 24.4 Å². The molecule has 0 saturated heterocycles. The summed E-state index contributed by atoms with van der Waals surface area (Å²) < 4.78 is 5.60. The number of nitrogens with zero attached hydrogens (tertiary/aromatic N) is 2. The van der Waals surface area contributed by atoms with Gasteiger partial charge in [0.05, 0.1) is 16.7 Å². The molecule has 0 aliphatic rings. The van der Waals surface area contributed by atoms with Gasteiger partial charge in [0.1, 0.15) is 12.4 Å². The normalized spacial score (nSPS) is 10.9. The SMILES string of the molecule is O=C(NN=Cc1ccc(OCc2ccccc2)c([N+](=O)[O-])c1)c1cc2ccccc2cc1O. The van der Waals surface area contributed by atoms with Gasteiger partial charge < -0.3 is 9.84 Å². The van der Waals surface area contributed by atoms with E-state index in [4.69, 9.17) is 4.74 Å². The third kappa shape index (κ3) is 5.13. The quantitative estimate of drug-likeness (QED) is 0.243. The minimum absolute atomic E-state index is 0.0708. The minimum Gasteiger partial charge on any atom is -0.507 e. The lowest BCUT2D eigenvalue weighted by molar-refractivity contribution is -0.385. The Balaban J connectivity index is 1.46. The standard InChI is InChI=1S/C25H19N3O5/c29-23-14-20-9-5-4-8-19(20)13-21(23)25(30)27-26-15-18-10-11-24(22(12-18)28(31)32)33-16-17-6-2-1-3-7-17/h1-15,29H,16H2,(H,27,30). The number of hydrogen-bond donors (Lipinski definition) is 2. The van der Waals surface area contributed by atoms with Crippen molar-refractivity contribution in [3.05, 3.63) is 112 Å². The smallest absolute Gasteiger partial charge is 0.311 e. The number of carbonyl (C=O) groups is 1. The number of rotatable bonds is 7. The summed E-state index contributed by atoms with van der Waals surface area (Å²) in [5, 5.41) is 27.1. The Labute approximate surface area is 188 Å². The number of nitro benzene ring substituents is 1. The van der Waals surface area contributed by atoms with E-state index in [1.807, 2.05) is 54.6 Å². The molecule has 0 unspecified atom stereocenters. The van der Waals surface area contributed by atoms with Crippen molar-refractivity contribution in [2.24, 2.45) is 5.10 Å². The number of hydrogen-bond acceptors (Lipinski definition) is 6. The van der Waals surface area contributed by atoms with Gasteiger partial charge in [0.25, 0.3) is 5.91 Å². The Hall–Kier alpha value is -4.72. The summed E-state index contributed by atoms with van der Waals surface area (Å²) in [5.41, 5.74) is 3.47. The summed E-state index contributed by atoms with van der Waals surface area (Å²) in [6.45, 7) is 0.195. The number of carbonyl (C=O) groups excluding carboxylic acids is 1. The van der Waals surface area contributed by atoms with E-state index < -0.39 is 10.8 Å². The largest absolute Gasteiger partial charge is 0.507 e. The summed E-state index contributed by atoms with van der Waals surface area (Å²) >= 11 is 0. The van der Waals surface area contributed by atoms with E-state index in [9.17, 15) is 20.0 Å². The minimum atomic E-state index is -0.605. The molecule has 0 aromatic heterocycles. The lowest BCUT2D eigenvalue weighted by Gasteiger charge is -2.07. The van der Waals surface area contributed by atoms with Crippen molar-refractivity contribution in [1.29, 1.82) is 0 Å². The summed E-state index contributed by atoms with van der Waals surface area (Å²) in [4.78, 5) is 23.4. The predicted molar refractivity (Wildman–Crippen MR) is 125 cm³/mol. The van der Waals surface area contributed by atoms with Crippen LogP contribution < -0.4 is 10.2 Å². The zero-order chi connectivity index (χ0) is 23.2. The lowest BCUT2D eigenvalue weighted by atomic mass is 10.1. The van der Waals surface area contributed by atoms with Crippen LogP contribution in [0.25, 0.3) is 10.8 Å². The van der Waals surface area contributed by atoms with E-state index in [1.54, 1.807) is 12.1 Å². The fourth-order valence-electron chi connectivity index (χ4n) is 3.25. The Morgan fingerprint density at radius 1 is 1.00 bits per heavy atom. The molecule has 8 nitrogen and oxygen atoms in total. The first-order chi connectivity index (χ1) is 16.0. The first-order valence-electron chi connectivity index (χ1n) is 10.0. The van der Waals surface area contributed by atoms with E-state index in [0.29, 0.717) is 5.56 Å². The number of hydrazone groups is 1. The molecule has 4 aromatic rings. The molecule has 0 spiro atoms. The fraction of sp³-hybridized carbons (Fsp3) is 0.0400. The van der Waals surface area contributed by atoms with Crippen LogP contribution in [0.15, 0.2) is 90.0 Å². The van der Waals surface area contributed by atoms with Gasteiger partial charge in [0.15, 0.2) is 5.75 Å². The number of phenolic OH excluding ortho intramolecular Hbond substituents is 1. The second-order valence-electron chi connectivity index (χ2n) is 7.17. The van der Waals surface area contributed by atoms with Gasteiger partial charge in [0, 0.05) is 11.6 Å². The highest BCUT2D eigenvalue weighted by Gasteiger charge is 2.16. The molecule has 164 valence electrons. The molecule has 4 aromatic carbocycles. The number of nitrogens with one attached hydrogen (secondary N) is 1. The van der Waals surface area contributed by atoms with Crippen LogP contribution in [-0.2, 0) is 6.61 Å². The van der Waals surface area contributed by atoms with Gasteiger partial charge in [-0.15, -0.1) is 0 Å². The van der Waals surface area contributed by atoms with Gasteiger partial charge in [-0.3, -0.25) is 14.9 Å². The second kappa shape index (κ2) is 9.61. The fourth-order valence-corrected chi connectivity index (χ4v) is 3.25. The zero-order valence-corrected chi connectivity index (χ0v) is 17.3. The number of aromatic hydroxyl groups is 1. The lowest BCUT2D eigenvalue weighted by Crippen LogP contribution is -2.17. The number of benzene rings is 4. The van der Waals surface area contributed by atoms with Crippen LogP contribution in [0.5, 0.6) is 11.5 Å². The summed E-state index contributed by atoms with van der Waals surface area (Å²) in [5.74, 6) is -0.644.